The number of carbonyl (C=O) groups is 1. The summed E-state index contributed by atoms with van der Waals surface area (Å²) in [6.07, 6.45) is 0.730. The van der Waals surface area contributed by atoms with Gasteiger partial charge >= 0.3 is 0 Å². The number of benzene rings is 1. The molecule has 1 aromatic rings. The first-order valence-electron chi connectivity index (χ1n) is 5.08. The van der Waals surface area contributed by atoms with Crippen LogP contribution in [0, 0.1) is 18.8 Å². The number of nitrogens with two attached hydrogens (primary N) is 1. The molecule has 2 N–H and O–H groups in total. The van der Waals surface area contributed by atoms with Gasteiger partial charge in [-0.1, -0.05) is 23.6 Å². The summed E-state index contributed by atoms with van der Waals surface area (Å²) >= 11 is 1.31. The number of rotatable bonds is 2. The van der Waals surface area contributed by atoms with E-state index < -0.39 is 0 Å². The van der Waals surface area contributed by atoms with E-state index in [0.717, 1.165) is 29.0 Å². The van der Waals surface area contributed by atoms with Gasteiger partial charge in [0, 0.05) is 30.3 Å². The molecule has 1 aromatic carbocycles. The van der Waals surface area contributed by atoms with Gasteiger partial charge in [-0.05, 0) is 30.7 Å². The van der Waals surface area contributed by atoms with Crippen LogP contribution in [0.15, 0.2) is 18.2 Å². The van der Waals surface area contributed by atoms with Gasteiger partial charge < -0.3 is 5.73 Å². The molecular weight excluding hydrogens is 218 g/mol. The third kappa shape index (κ3) is 4.41. The molecule has 0 unspecified atom stereocenters. The number of aryl methyl sites for hydroxylation is 1. The van der Waals surface area contributed by atoms with Crippen molar-refractivity contribution >= 4 is 22.6 Å². The van der Waals surface area contributed by atoms with Crippen LogP contribution in [-0.2, 0) is 4.79 Å². The molecule has 0 aliphatic rings. The van der Waals surface area contributed by atoms with Crippen LogP contribution >= 0.6 is 11.8 Å². The van der Waals surface area contributed by atoms with Gasteiger partial charge in [0.15, 0.2) is 5.12 Å². The summed E-state index contributed by atoms with van der Waals surface area (Å²) in [7, 11) is 0. The normalized spacial score (nSPS) is 9.38. The summed E-state index contributed by atoms with van der Waals surface area (Å²) in [6.45, 7) is 3.54. The van der Waals surface area contributed by atoms with Crippen molar-refractivity contribution < 1.29 is 4.79 Å². The Bertz CT molecular complexity index is 443. The van der Waals surface area contributed by atoms with Gasteiger partial charge in [-0.3, -0.25) is 4.79 Å². The van der Waals surface area contributed by atoms with Crippen molar-refractivity contribution in [1.82, 2.24) is 0 Å². The number of thioether (sulfide) groups is 1. The second-order valence-corrected chi connectivity index (χ2v) is 4.74. The van der Waals surface area contributed by atoms with E-state index in [9.17, 15) is 4.79 Å². The van der Waals surface area contributed by atoms with Gasteiger partial charge in [-0.15, -0.1) is 0 Å². The highest BCUT2D eigenvalue weighted by molar-refractivity contribution is 8.13. The van der Waals surface area contributed by atoms with Gasteiger partial charge in [0.2, 0.25) is 0 Å². The lowest BCUT2D eigenvalue weighted by molar-refractivity contribution is -0.109. The van der Waals surface area contributed by atoms with Gasteiger partial charge in [-0.2, -0.15) is 0 Å². The lowest BCUT2D eigenvalue weighted by Crippen LogP contribution is -1.89. The molecule has 0 fully saturated rings. The molecule has 84 valence electrons. The van der Waals surface area contributed by atoms with Crippen molar-refractivity contribution in [3.05, 3.63) is 29.3 Å². The molecule has 3 heteroatoms. The minimum absolute atomic E-state index is 0.144. The van der Waals surface area contributed by atoms with E-state index in [1.165, 1.54) is 11.8 Å². The van der Waals surface area contributed by atoms with Gasteiger partial charge in [0.05, 0.1) is 0 Å². The number of nitrogen functional groups attached to an aromatic ring is 1. The molecule has 0 saturated carbocycles. The van der Waals surface area contributed by atoms with Crippen molar-refractivity contribution in [3.8, 4) is 11.8 Å². The third-order valence-corrected chi connectivity index (χ3v) is 2.85. The molecule has 0 heterocycles. The Morgan fingerprint density at radius 3 is 2.88 bits per heavy atom. The molecule has 0 aliphatic carbocycles. The maximum absolute atomic E-state index is 10.7. The fourth-order valence-electron chi connectivity index (χ4n) is 1.16. The summed E-state index contributed by atoms with van der Waals surface area (Å²) in [5.74, 6) is 6.86. The Morgan fingerprint density at radius 1 is 1.50 bits per heavy atom. The van der Waals surface area contributed by atoms with E-state index >= 15 is 0 Å². The average Bonchev–Trinajstić information content (AvgIpc) is 2.22. The topological polar surface area (TPSA) is 43.1 Å². The van der Waals surface area contributed by atoms with Crippen molar-refractivity contribution in [1.29, 1.82) is 0 Å². The summed E-state index contributed by atoms with van der Waals surface area (Å²) in [6, 6.07) is 5.75. The van der Waals surface area contributed by atoms with Crippen LogP contribution in [0.1, 0.15) is 24.5 Å². The van der Waals surface area contributed by atoms with Gasteiger partial charge in [-0.25, -0.2) is 0 Å². The molecule has 0 saturated heterocycles. The van der Waals surface area contributed by atoms with Crippen LogP contribution < -0.4 is 5.73 Å². The molecule has 0 amide bonds. The molecule has 0 radical (unpaired) electrons. The lowest BCUT2D eigenvalue weighted by atomic mass is 10.1. The molecule has 2 nitrogen and oxygen atoms in total. The smallest absolute Gasteiger partial charge is 0.185 e. The van der Waals surface area contributed by atoms with Crippen LogP contribution in [0.4, 0.5) is 5.69 Å². The molecular formula is C13H15NOS. The first kappa shape index (κ1) is 12.7. The standard InChI is InChI=1S/C13H15NOS/c1-10-9-12(6-7-13(10)14)5-3-4-8-16-11(2)15/h6-7,9H,4,8,14H2,1-2H3. The largest absolute Gasteiger partial charge is 0.399 e. The van der Waals surface area contributed by atoms with E-state index in [-0.39, 0.29) is 5.12 Å². The SMILES string of the molecule is CC(=O)SCCC#Cc1ccc(N)c(C)c1. The fraction of sp³-hybridized carbons (Fsp3) is 0.308. The Kier molecular flexibility index (Phi) is 4.94. The molecule has 16 heavy (non-hydrogen) atoms. The molecule has 0 spiro atoms. The first-order chi connectivity index (χ1) is 7.59. The molecule has 0 bridgehead atoms. The predicted octanol–water partition coefficient (Wildman–Crippen LogP) is 2.60. The monoisotopic (exact) mass is 233 g/mol. The third-order valence-electron chi connectivity index (χ3n) is 2.03. The maximum atomic E-state index is 10.7. The maximum Gasteiger partial charge on any atom is 0.185 e. The van der Waals surface area contributed by atoms with E-state index in [4.69, 9.17) is 5.73 Å². The fourth-order valence-corrected chi connectivity index (χ4v) is 1.66. The minimum Gasteiger partial charge on any atom is -0.399 e. The second kappa shape index (κ2) is 6.24. The first-order valence-corrected chi connectivity index (χ1v) is 6.06. The van der Waals surface area contributed by atoms with Crippen LogP contribution in [0.5, 0.6) is 0 Å². The zero-order valence-electron chi connectivity index (χ0n) is 9.54. The molecule has 0 aliphatic heterocycles. The lowest BCUT2D eigenvalue weighted by Gasteiger charge is -1.98. The number of carbonyl (C=O) groups excluding carboxylic acids is 1. The number of hydrogen-bond acceptors (Lipinski definition) is 3. The average molecular weight is 233 g/mol. The van der Waals surface area contributed by atoms with E-state index in [1.807, 2.05) is 25.1 Å². The molecule has 1 rings (SSSR count). The number of hydrogen-bond donors (Lipinski definition) is 1. The Labute approximate surface area is 101 Å². The van der Waals surface area contributed by atoms with E-state index in [0.29, 0.717) is 0 Å². The van der Waals surface area contributed by atoms with E-state index in [1.54, 1.807) is 6.92 Å². The Hall–Kier alpha value is -1.40. The minimum atomic E-state index is 0.144. The highest BCUT2D eigenvalue weighted by Gasteiger charge is 1.93. The van der Waals surface area contributed by atoms with Crippen molar-refractivity contribution in [2.24, 2.45) is 0 Å². The summed E-state index contributed by atoms with van der Waals surface area (Å²) in [5, 5.41) is 0.144. The number of anilines is 1. The van der Waals surface area contributed by atoms with Crippen molar-refractivity contribution in [2.45, 2.75) is 20.3 Å². The Morgan fingerprint density at radius 2 is 2.25 bits per heavy atom. The van der Waals surface area contributed by atoms with E-state index in [2.05, 4.69) is 11.8 Å². The highest BCUT2D eigenvalue weighted by Crippen LogP contribution is 2.11. The second-order valence-electron chi connectivity index (χ2n) is 3.46. The zero-order chi connectivity index (χ0) is 12.0. The van der Waals surface area contributed by atoms with Crippen LogP contribution in [0.3, 0.4) is 0 Å². The zero-order valence-corrected chi connectivity index (χ0v) is 10.4. The predicted molar refractivity (Wildman–Crippen MR) is 70.2 cm³/mol. The van der Waals surface area contributed by atoms with Crippen molar-refractivity contribution in [2.75, 3.05) is 11.5 Å². The summed E-state index contributed by atoms with van der Waals surface area (Å²) in [5.41, 5.74) is 8.52. The quantitative estimate of drug-likeness (QED) is 0.485. The molecule has 0 aromatic heterocycles. The molecule has 0 atom stereocenters. The van der Waals surface area contributed by atoms with Crippen LogP contribution in [0.2, 0.25) is 0 Å². The Balaban J connectivity index is 2.50. The summed E-state index contributed by atoms with van der Waals surface area (Å²) < 4.78 is 0. The summed E-state index contributed by atoms with van der Waals surface area (Å²) in [4.78, 5) is 10.7. The van der Waals surface area contributed by atoms with Crippen molar-refractivity contribution in [3.63, 3.8) is 0 Å². The van der Waals surface area contributed by atoms with Gasteiger partial charge in [0.25, 0.3) is 0 Å². The van der Waals surface area contributed by atoms with Crippen LogP contribution in [-0.4, -0.2) is 10.9 Å². The van der Waals surface area contributed by atoms with Crippen LogP contribution in [0.25, 0.3) is 0 Å². The highest BCUT2D eigenvalue weighted by atomic mass is 32.2. The van der Waals surface area contributed by atoms with Gasteiger partial charge in [0.1, 0.15) is 0 Å².